The summed E-state index contributed by atoms with van der Waals surface area (Å²) in [6, 6.07) is 1.15. The molecule has 24 heavy (non-hydrogen) atoms. The summed E-state index contributed by atoms with van der Waals surface area (Å²) in [4.78, 5) is 11.5. The van der Waals surface area contributed by atoms with Crippen LogP contribution in [-0.2, 0) is 4.79 Å². The number of carbonyl (C=O) groups excluding carboxylic acids is 1. The highest BCUT2D eigenvalue weighted by molar-refractivity contribution is 5.92. The number of halogens is 7. The smallest absolute Gasteiger partial charge is 0.262 e. The van der Waals surface area contributed by atoms with Gasteiger partial charge in [-0.25, -0.2) is 22.0 Å². The first-order valence-electron chi connectivity index (χ1n) is 6.11. The Bertz CT molecular complexity index is 784. The lowest BCUT2D eigenvalue weighted by molar-refractivity contribution is -0.118. The van der Waals surface area contributed by atoms with E-state index in [1.165, 1.54) is 0 Å². The standard InChI is InChI=1S/C14H6F7NO2/c15-5-1-2-8(13(21)10(5)18)22-9(23)4-24-14-11(19)6(16)3-7(17)12(14)20/h1-3H,4H2,(H,22,23). The lowest BCUT2D eigenvalue weighted by Crippen LogP contribution is -2.22. The fourth-order valence-corrected chi connectivity index (χ4v) is 1.62. The molecule has 0 aliphatic carbocycles. The first-order chi connectivity index (χ1) is 11.2. The van der Waals surface area contributed by atoms with Crippen LogP contribution in [0.4, 0.5) is 36.4 Å². The molecule has 0 unspecified atom stereocenters. The van der Waals surface area contributed by atoms with Gasteiger partial charge in [0.15, 0.2) is 41.4 Å². The van der Waals surface area contributed by atoms with Crippen LogP contribution >= 0.6 is 0 Å². The topological polar surface area (TPSA) is 38.3 Å². The third kappa shape index (κ3) is 3.42. The Balaban J connectivity index is 2.11. The van der Waals surface area contributed by atoms with E-state index in [1.807, 2.05) is 0 Å². The van der Waals surface area contributed by atoms with E-state index in [2.05, 4.69) is 4.74 Å². The van der Waals surface area contributed by atoms with Crippen LogP contribution in [0, 0.1) is 40.7 Å². The Morgan fingerprint density at radius 2 is 1.42 bits per heavy atom. The molecule has 0 aliphatic rings. The summed E-state index contributed by atoms with van der Waals surface area (Å²) in [5, 5.41) is 1.74. The highest BCUT2D eigenvalue weighted by Crippen LogP contribution is 2.26. The summed E-state index contributed by atoms with van der Waals surface area (Å²) < 4.78 is 95.8. The van der Waals surface area contributed by atoms with Crippen LogP contribution in [0.25, 0.3) is 0 Å². The van der Waals surface area contributed by atoms with E-state index >= 15 is 0 Å². The molecular formula is C14H6F7NO2. The molecule has 0 fully saturated rings. The summed E-state index contributed by atoms with van der Waals surface area (Å²) in [7, 11) is 0. The first kappa shape index (κ1) is 17.6. The SMILES string of the molecule is O=C(COc1c(F)c(F)cc(F)c1F)Nc1ccc(F)c(F)c1F. The van der Waals surface area contributed by atoms with E-state index in [-0.39, 0.29) is 6.07 Å². The Labute approximate surface area is 129 Å². The second-order valence-electron chi connectivity index (χ2n) is 4.36. The van der Waals surface area contributed by atoms with Crippen molar-refractivity contribution in [2.24, 2.45) is 0 Å². The van der Waals surface area contributed by atoms with Crippen molar-refractivity contribution in [3.05, 3.63) is 58.9 Å². The fourth-order valence-electron chi connectivity index (χ4n) is 1.62. The number of rotatable bonds is 4. The summed E-state index contributed by atoms with van der Waals surface area (Å²) in [5.74, 6) is -15.1. The molecule has 0 bridgehead atoms. The number of hydrogen-bond donors (Lipinski definition) is 1. The van der Waals surface area contributed by atoms with Gasteiger partial charge in [0, 0.05) is 6.07 Å². The van der Waals surface area contributed by atoms with E-state index in [0.717, 1.165) is 0 Å². The molecule has 128 valence electrons. The summed E-state index contributed by atoms with van der Waals surface area (Å²) in [6.45, 7) is -1.19. The van der Waals surface area contributed by atoms with Crippen molar-refractivity contribution >= 4 is 11.6 Å². The Morgan fingerprint density at radius 3 is 2.00 bits per heavy atom. The van der Waals surface area contributed by atoms with Crippen LogP contribution in [0.1, 0.15) is 0 Å². The molecule has 1 amide bonds. The van der Waals surface area contributed by atoms with Crippen molar-refractivity contribution < 1.29 is 40.3 Å². The van der Waals surface area contributed by atoms with Gasteiger partial charge in [-0.15, -0.1) is 0 Å². The Hall–Kier alpha value is -2.78. The van der Waals surface area contributed by atoms with Crippen molar-refractivity contribution in [1.82, 2.24) is 0 Å². The molecule has 0 atom stereocenters. The molecule has 2 aromatic carbocycles. The van der Waals surface area contributed by atoms with Gasteiger partial charge in [-0.1, -0.05) is 0 Å². The minimum atomic E-state index is -1.87. The van der Waals surface area contributed by atoms with Gasteiger partial charge in [0.2, 0.25) is 11.6 Å². The molecular weight excluding hydrogens is 347 g/mol. The van der Waals surface area contributed by atoms with Crippen LogP contribution in [0.15, 0.2) is 18.2 Å². The molecule has 2 rings (SSSR count). The predicted octanol–water partition coefficient (Wildman–Crippen LogP) is 3.68. The van der Waals surface area contributed by atoms with Crippen LogP contribution < -0.4 is 10.1 Å². The first-order valence-corrected chi connectivity index (χ1v) is 6.11. The van der Waals surface area contributed by atoms with Crippen molar-refractivity contribution in [1.29, 1.82) is 0 Å². The summed E-state index contributed by atoms with van der Waals surface area (Å²) in [6.07, 6.45) is 0. The molecule has 0 spiro atoms. The molecule has 0 saturated heterocycles. The van der Waals surface area contributed by atoms with Gasteiger partial charge in [0.05, 0.1) is 5.69 Å². The van der Waals surface area contributed by atoms with Crippen molar-refractivity contribution in [3.63, 3.8) is 0 Å². The van der Waals surface area contributed by atoms with E-state index in [1.54, 1.807) is 5.32 Å². The van der Waals surface area contributed by atoms with E-state index in [9.17, 15) is 35.5 Å². The molecule has 1 N–H and O–H groups in total. The normalized spacial score (nSPS) is 10.6. The maximum atomic E-state index is 13.3. The number of ether oxygens (including phenoxy) is 1. The molecule has 0 aromatic heterocycles. The van der Waals surface area contributed by atoms with Gasteiger partial charge >= 0.3 is 0 Å². The summed E-state index contributed by atoms with van der Waals surface area (Å²) in [5.41, 5.74) is -0.770. The second-order valence-corrected chi connectivity index (χ2v) is 4.36. The maximum Gasteiger partial charge on any atom is 0.262 e. The van der Waals surface area contributed by atoms with Crippen molar-refractivity contribution in [2.75, 3.05) is 11.9 Å². The number of hydrogen-bond acceptors (Lipinski definition) is 2. The summed E-state index contributed by atoms with van der Waals surface area (Å²) >= 11 is 0. The predicted molar refractivity (Wildman–Crippen MR) is 66.7 cm³/mol. The zero-order valence-electron chi connectivity index (χ0n) is 11.4. The van der Waals surface area contributed by atoms with Gasteiger partial charge in [0.25, 0.3) is 5.91 Å². The van der Waals surface area contributed by atoms with Gasteiger partial charge in [-0.05, 0) is 12.1 Å². The molecule has 0 aliphatic heterocycles. The highest BCUT2D eigenvalue weighted by atomic mass is 19.2. The fraction of sp³-hybridized carbons (Fsp3) is 0.0714. The van der Waals surface area contributed by atoms with Crippen molar-refractivity contribution in [2.45, 2.75) is 0 Å². The lowest BCUT2D eigenvalue weighted by Gasteiger charge is -2.10. The van der Waals surface area contributed by atoms with E-state index in [0.29, 0.717) is 12.1 Å². The van der Waals surface area contributed by atoms with Crippen molar-refractivity contribution in [3.8, 4) is 5.75 Å². The molecule has 0 heterocycles. The highest BCUT2D eigenvalue weighted by Gasteiger charge is 2.22. The zero-order valence-corrected chi connectivity index (χ0v) is 11.4. The van der Waals surface area contributed by atoms with Crippen LogP contribution in [0.5, 0.6) is 5.75 Å². The zero-order chi connectivity index (χ0) is 18.0. The number of anilines is 1. The minimum Gasteiger partial charge on any atom is -0.477 e. The van der Waals surface area contributed by atoms with Gasteiger partial charge in [0.1, 0.15) is 0 Å². The van der Waals surface area contributed by atoms with Gasteiger partial charge in [-0.2, -0.15) is 8.78 Å². The molecule has 2 aromatic rings. The van der Waals surface area contributed by atoms with Crippen LogP contribution in [-0.4, -0.2) is 12.5 Å². The average Bonchev–Trinajstić information content (AvgIpc) is 2.53. The quantitative estimate of drug-likeness (QED) is 0.517. The monoisotopic (exact) mass is 353 g/mol. The molecule has 10 heteroatoms. The molecule has 0 saturated carbocycles. The van der Waals surface area contributed by atoms with E-state index < -0.39 is 64.7 Å². The molecule has 3 nitrogen and oxygen atoms in total. The van der Waals surface area contributed by atoms with Gasteiger partial charge in [-0.3, -0.25) is 4.79 Å². The average molecular weight is 353 g/mol. The Kier molecular flexibility index (Phi) is 4.96. The Morgan fingerprint density at radius 1 is 0.833 bits per heavy atom. The third-order valence-corrected chi connectivity index (χ3v) is 2.73. The van der Waals surface area contributed by atoms with E-state index in [4.69, 9.17) is 0 Å². The number of carbonyl (C=O) groups is 1. The van der Waals surface area contributed by atoms with Gasteiger partial charge < -0.3 is 10.1 Å². The van der Waals surface area contributed by atoms with Crippen LogP contribution in [0.3, 0.4) is 0 Å². The number of nitrogens with one attached hydrogen (secondary N) is 1. The largest absolute Gasteiger partial charge is 0.477 e. The van der Waals surface area contributed by atoms with Crippen LogP contribution in [0.2, 0.25) is 0 Å². The maximum absolute atomic E-state index is 13.3. The third-order valence-electron chi connectivity index (χ3n) is 2.73. The minimum absolute atomic E-state index is 0.0612. The molecule has 0 radical (unpaired) electrons. The lowest BCUT2D eigenvalue weighted by atomic mass is 10.2. The second kappa shape index (κ2) is 6.77. The number of benzene rings is 2. The number of amides is 1.